The summed E-state index contributed by atoms with van der Waals surface area (Å²) in [4.78, 5) is 29.6. The van der Waals surface area contributed by atoms with Crippen LogP contribution in [0.5, 0.6) is 11.5 Å². The van der Waals surface area contributed by atoms with Crippen LogP contribution in [0.15, 0.2) is 72.8 Å². The van der Waals surface area contributed by atoms with Gasteiger partial charge in [-0.25, -0.2) is 9.59 Å². The predicted molar refractivity (Wildman–Crippen MR) is 175 cm³/mol. The number of benzene rings is 3. The van der Waals surface area contributed by atoms with Gasteiger partial charge in [-0.15, -0.1) is 0 Å². The molecule has 0 bridgehead atoms. The predicted octanol–water partition coefficient (Wildman–Crippen LogP) is 7.97. The van der Waals surface area contributed by atoms with Crippen molar-refractivity contribution in [2.24, 2.45) is 0 Å². The molecule has 0 fully saturated rings. The average molecular weight is 587 g/mol. The highest BCUT2D eigenvalue weighted by Crippen LogP contribution is 2.50. The summed E-state index contributed by atoms with van der Waals surface area (Å²) in [6.07, 6.45) is 0. The van der Waals surface area contributed by atoms with Gasteiger partial charge in [0.2, 0.25) is 0 Å². The first kappa shape index (κ1) is 33.2. The number of hydrogen-bond donors (Lipinski definition) is 0. The van der Waals surface area contributed by atoms with Crippen LogP contribution in [0.25, 0.3) is 0 Å². The number of ether oxygens (including phenoxy) is 3. The second kappa shape index (κ2) is 15.8. The summed E-state index contributed by atoms with van der Waals surface area (Å²) in [5.74, 6) is 0.332. The summed E-state index contributed by atoms with van der Waals surface area (Å²) in [5.41, 5.74) is 5.74. The quantitative estimate of drug-likeness (QED) is 0.0947. The van der Waals surface area contributed by atoms with Crippen molar-refractivity contribution in [3.8, 4) is 11.5 Å². The van der Waals surface area contributed by atoms with E-state index in [2.05, 4.69) is 80.5 Å². The van der Waals surface area contributed by atoms with Crippen LogP contribution in [0.4, 0.5) is 11.4 Å². The van der Waals surface area contributed by atoms with Gasteiger partial charge >= 0.3 is 11.9 Å². The molecule has 0 amide bonds. The van der Waals surface area contributed by atoms with E-state index in [-0.39, 0.29) is 19.1 Å². The van der Waals surface area contributed by atoms with Crippen molar-refractivity contribution in [2.75, 3.05) is 49.2 Å². The fourth-order valence-electron chi connectivity index (χ4n) is 5.30. The number of carbonyl (C=O) groups is 2. The van der Waals surface area contributed by atoms with Crippen molar-refractivity contribution in [2.45, 2.75) is 54.4 Å². The zero-order valence-corrected chi connectivity index (χ0v) is 26.7. The SMILES string of the molecule is C=C(C)C(=O)OCCOC(=O)c1ccccc1C1c2ccc(N(CC)CC)cc2Oc2cc(N(CC)CC)ccc21.CC. The van der Waals surface area contributed by atoms with E-state index in [1.54, 1.807) is 13.0 Å². The van der Waals surface area contributed by atoms with E-state index in [0.717, 1.165) is 65.7 Å². The monoisotopic (exact) mass is 586 g/mol. The lowest BCUT2D eigenvalue weighted by Gasteiger charge is -2.32. The lowest BCUT2D eigenvalue weighted by molar-refractivity contribution is -0.140. The summed E-state index contributed by atoms with van der Waals surface area (Å²) in [6, 6.07) is 20.2. The van der Waals surface area contributed by atoms with Crippen molar-refractivity contribution in [1.82, 2.24) is 0 Å². The number of anilines is 2. The van der Waals surface area contributed by atoms with Gasteiger partial charge in [-0.05, 0) is 58.4 Å². The molecule has 0 saturated heterocycles. The van der Waals surface area contributed by atoms with Gasteiger partial charge < -0.3 is 24.0 Å². The first-order chi connectivity index (χ1) is 20.8. The topological polar surface area (TPSA) is 68.3 Å². The molecule has 0 N–H and O–H groups in total. The van der Waals surface area contributed by atoms with Gasteiger partial charge in [0.25, 0.3) is 0 Å². The molecule has 0 atom stereocenters. The Morgan fingerprint density at radius 1 is 0.744 bits per heavy atom. The Balaban J connectivity index is 0.00000248. The first-order valence-electron chi connectivity index (χ1n) is 15.4. The zero-order valence-electron chi connectivity index (χ0n) is 26.7. The van der Waals surface area contributed by atoms with Gasteiger partial charge in [-0.1, -0.05) is 50.8 Å². The molecule has 3 aromatic rings. The maximum atomic E-state index is 13.3. The van der Waals surface area contributed by atoms with Crippen LogP contribution in [-0.2, 0) is 14.3 Å². The standard InChI is InChI=1S/C34H40N2O5.C2H6/c1-7-35(8-2)24-15-17-28-30(21-24)41-31-22-25(36(9-3)10-4)16-18-29(31)32(28)26-13-11-12-14-27(26)34(38)40-20-19-39-33(37)23(5)6;1-2/h11-18,21-22,32H,5,7-10,19-20H2,1-4,6H3;1-2H3. The summed E-state index contributed by atoms with van der Waals surface area (Å²) >= 11 is 0. The van der Waals surface area contributed by atoms with Gasteiger partial charge in [0.05, 0.1) is 5.56 Å². The summed E-state index contributed by atoms with van der Waals surface area (Å²) in [6.45, 7) is 21.2. The minimum Gasteiger partial charge on any atom is -0.459 e. The van der Waals surface area contributed by atoms with E-state index < -0.39 is 11.9 Å². The van der Waals surface area contributed by atoms with Crippen molar-refractivity contribution in [1.29, 1.82) is 0 Å². The molecule has 0 aromatic heterocycles. The molecule has 0 radical (unpaired) electrons. The Bertz CT molecular complexity index is 1350. The van der Waals surface area contributed by atoms with Crippen molar-refractivity contribution in [3.63, 3.8) is 0 Å². The molecule has 0 unspecified atom stereocenters. The molecule has 0 saturated carbocycles. The Labute approximate surface area is 257 Å². The normalized spacial score (nSPS) is 11.6. The van der Waals surface area contributed by atoms with Gasteiger partial charge in [0, 0.05) is 72.3 Å². The van der Waals surface area contributed by atoms with Gasteiger partial charge in [-0.3, -0.25) is 0 Å². The summed E-state index contributed by atoms with van der Waals surface area (Å²) < 4.78 is 17.2. The van der Waals surface area contributed by atoms with Gasteiger partial charge in [0.1, 0.15) is 24.7 Å². The number of esters is 2. The molecule has 7 heteroatoms. The molecule has 1 aliphatic rings. The third-order valence-electron chi connectivity index (χ3n) is 7.48. The molecule has 3 aromatic carbocycles. The highest BCUT2D eigenvalue weighted by molar-refractivity contribution is 5.92. The highest BCUT2D eigenvalue weighted by Gasteiger charge is 2.32. The number of hydrogen-bond acceptors (Lipinski definition) is 7. The van der Waals surface area contributed by atoms with E-state index in [9.17, 15) is 9.59 Å². The number of rotatable bonds is 12. The molecule has 1 heterocycles. The number of nitrogens with zero attached hydrogens (tertiary/aromatic N) is 2. The van der Waals surface area contributed by atoms with E-state index in [0.29, 0.717) is 11.1 Å². The van der Waals surface area contributed by atoms with Crippen molar-refractivity contribution < 1.29 is 23.8 Å². The van der Waals surface area contributed by atoms with Crippen LogP contribution >= 0.6 is 0 Å². The number of carbonyl (C=O) groups excluding carboxylic acids is 2. The van der Waals surface area contributed by atoms with Gasteiger partial charge in [0.15, 0.2) is 0 Å². The molecule has 7 nitrogen and oxygen atoms in total. The second-order valence-electron chi connectivity index (χ2n) is 9.96. The number of fused-ring (bicyclic) bond motifs is 2. The zero-order chi connectivity index (χ0) is 31.5. The Morgan fingerprint density at radius 2 is 1.23 bits per heavy atom. The maximum Gasteiger partial charge on any atom is 0.338 e. The fourth-order valence-corrected chi connectivity index (χ4v) is 5.30. The molecular weight excluding hydrogens is 540 g/mol. The van der Waals surface area contributed by atoms with Crippen molar-refractivity contribution in [3.05, 3.63) is 95.1 Å². The van der Waals surface area contributed by atoms with Crippen LogP contribution in [-0.4, -0.2) is 51.3 Å². The smallest absolute Gasteiger partial charge is 0.338 e. The Hall–Kier alpha value is -4.26. The van der Waals surface area contributed by atoms with Crippen LogP contribution in [0.1, 0.15) is 81.4 Å². The van der Waals surface area contributed by atoms with E-state index in [4.69, 9.17) is 14.2 Å². The summed E-state index contributed by atoms with van der Waals surface area (Å²) in [5, 5.41) is 0. The van der Waals surface area contributed by atoms with Crippen molar-refractivity contribution >= 4 is 23.3 Å². The molecule has 230 valence electrons. The maximum absolute atomic E-state index is 13.3. The minimum absolute atomic E-state index is 0.0369. The lowest BCUT2D eigenvalue weighted by atomic mass is 9.80. The van der Waals surface area contributed by atoms with E-state index in [1.165, 1.54) is 0 Å². The Kier molecular flexibility index (Phi) is 12.2. The van der Waals surface area contributed by atoms with Crippen LogP contribution in [0.3, 0.4) is 0 Å². The molecular formula is C36H46N2O5. The summed E-state index contributed by atoms with van der Waals surface area (Å²) in [7, 11) is 0. The molecule has 1 aliphatic heterocycles. The Morgan fingerprint density at radius 3 is 1.72 bits per heavy atom. The third-order valence-corrected chi connectivity index (χ3v) is 7.48. The lowest BCUT2D eigenvalue weighted by Crippen LogP contribution is -2.23. The van der Waals surface area contributed by atoms with E-state index >= 15 is 0 Å². The molecule has 0 spiro atoms. The van der Waals surface area contributed by atoms with E-state index in [1.807, 2.05) is 32.0 Å². The third kappa shape index (κ3) is 7.58. The van der Waals surface area contributed by atoms with Crippen LogP contribution in [0.2, 0.25) is 0 Å². The molecule has 0 aliphatic carbocycles. The fraction of sp³-hybridized carbons (Fsp3) is 0.389. The largest absolute Gasteiger partial charge is 0.459 e. The van der Waals surface area contributed by atoms with Gasteiger partial charge in [-0.2, -0.15) is 0 Å². The average Bonchev–Trinajstić information content (AvgIpc) is 3.03. The molecule has 4 rings (SSSR count). The molecule has 43 heavy (non-hydrogen) atoms. The van der Waals surface area contributed by atoms with Crippen LogP contribution in [0, 0.1) is 0 Å². The minimum atomic E-state index is -0.509. The highest BCUT2D eigenvalue weighted by atomic mass is 16.6. The first-order valence-corrected chi connectivity index (χ1v) is 15.4. The second-order valence-corrected chi connectivity index (χ2v) is 9.96. The van der Waals surface area contributed by atoms with Crippen LogP contribution < -0.4 is 14.5 Å².